The summed E-state index contributed by atoms with van der Waals surface area (Å²) in [5, 5.41) is -0.206. The molecule has 0 spiro atoms. The van der Waals surface area contributed by atoms with E-state index in [2.05, 4.69) is 15.0 Å². The molecule has 8 nitrogen and oxygen atoms in total. The highest BCUT2D eigenvalue weighted by Crippen LogP contribution is 2.34. The van der Waals surface area contributed by atoms with Crippen molar-refractivity contribution >= 4 is 43.6 Å². The first-order chi connectivity index (χ1) is 14.5. The Labute approximate surface area is 179 Å². The van der Waals surface area contributed by atoms with Crippen molar-refractivity contribution in [3.05, 3.63) is 30.2 Å². The van der Waals surface area contributed by atoms with E-state index in [9.17, 15) is 26.4 Å². The third kappa shape index (κ3) is 3.76. The van der Waals surface area contributed by atoms with Crippen LogP contribution in [0.25, 0.3) is 22.6 Å². The fourth-order valence-electron chi connectivity index (χ4n) is 3.23. The Morgan fingerprint density at radius 1 is 1.19 bits per heavy atom. The molecule has 0 aromatic carbocycles. The molecule has 0 atom stereocenters. The van der Waals surface area contributed by atoms with Gasteiger partial charge >= 0.3 is 6.18 Å². The zero-order chi connectivity index (χ0) is 22.6. The van der Waals surface area contributed by atoms with Gasteiger partial charge in [-0.15, -0.1) is 0 Å². The summed E-state index contributed by atoms with van der Waals surface area (Å²) in [5.74, 6) is 0.435. The molecule has 1 aliphatic heterocycles. The number of anilines is 1. The minimum absolute atomic E-state index is 0.00263. The quantitative estimate of drug-likeness (QED) is 0.574. The normalized spacial score (nSPS) is 15.3. The molecule has 1 aliphatic rings. The molecule has 0 radical (unpaired) electrons. The van der Waals surface area contributed by atoms with Crippen LogP contribution in [0, 0.1) is 0 Å². The summed E-state index contributed by atoms with van der Waals surface area (Å²) in [4.78, 5) is 25.3. The molecule has 0 saturated carbocycles. The largest absolute Gasteiger partial charge is 0.433 e. The Kier molecular flexibility index (Phi) is 5.20. The van der Waals surface area contributed by atoms with Crippen LogP contribution in [-0.2, 0) is 23.1 Å². The van der Waals surface area contributed by atoms with E-state index in [1.807, 2.05) is 0 Å². The second kappa shape index (κ2) is 7.48. The monoisotopic (exact) mass is 471 g/mol. The molecule has 4 heterocycles. The number of pyridine rings is 2. The van der Waals surface area contributed by atoms with Crippen molar-refractivity contribution < 1.29 is 26.4 Å². The molecule has 13 heteroatoms. The second-order valence-corrected chi connectivity index (χ2v) is 10.1. The number of thioether (sulfide) groups is 1. The molecule has 31 heavy (non-hydrogen) atoms. The van der Waals surface area contributed by atoms with E-state index in [0.717, 1.165) is 24.0 Å². The lowest BCUT2D eigenvalue weighted by Gasteiger charge is -2.17. The van der Waals surface area contributed by atoms with Crippen LogP contribution in [0.15, 0.2) is 29.4 Å². The van der Waals surface area contributed by atoms with Crippen molar-refractivity contribution in [3.8, 4) is 11.5 Å². The van der Waals surface area contributed by atoms with Gasteiger partial charge in [-0.05, 0) is 12.1 Å². The Bertz CT molecular complexity index is 1300. The molecule has 0 unspecified atom stereocenters. The van der Waals surface area contributed by atoms with E-state index in [1.165, 1.54) is 35.7 Å². The molecule has 0 aliphatic carbocycles. The van der Waals surface area contributed by atoms with Gasteiger partial charge in [0.2, 0.25) is 0 Å². The number of alkyl halides is 3. The minimum Gasteiger partial charge on any atom is -0.324 e. The number of hydrogen-bond acceptors (Lipinski definition) is 7. The maximum atomic E-state index is 13.0. The Balaban J connectivity index is 1.92. The molecular formula is C18H16F3N5O3S2. The van der Waals surface area contributed by atoms with E-state index >= 15 is 0 Å². The number of fused-ring (bicyclic) bond motifs is 1. The first-order valence-corrected chi connectivity index (χ1v) is 11.7. The summed E-state index contributed by atoms with van der Waals surface area (Å²) >= 11 is 1.12. The number of aromatic nitrogens is 4. The summed E-state index contributed by atoms with van der Waals surface area (Å²) in [6.45, 7) is 1.89. The van der Waals surface area contributed by atoms with Gasteiger partial charge < -0.3 is 9.47 Å². The Morgan fingerprint density at radius 2 is 1.94 bits per heavy atom. The van der Waals surface area contributed by atoms with Gasteiger partial charge in [-0.25, -0.2) is 23.4 Å². The SMILES string of the molecule is CCS(=O)(=O)c1cc(N2CCSC2=O)cnc1-c1nc2cc(C(F)(F)F)ncc2n1C. The van der Waals surface area contributed by atoms with E-state index in [1.54, 1.807) is 0 Å². The number of aryl methyl sites for hydroxylation is 1. The van der Waals surface area contributed by atoms with Crippen LogP contribution in [0.3, 0.4) is 0 Å². The van der Waals surface area contributed by atoms with Crippen molar-refractivity contribution in [3.63, 3.8) is 0 Å². The van der Waals surface area contributed by atoms with Gasteiger partial charge in [0.1, 0.15) is 11.4 Å². The van der Waals surface area contributed by atoms with Crippen molar-refractivity contribution in [1.29, 1.82) is 0 Å². The van der Waals surface area contributed by atoms with E-state index in [4.69, 9.17) is 0 Å². The van der Waals surface area contributed by atoms with Gasteiger partial charge in [-0.3, -0.25) is 4.79 Å². The van der Waals surface area contributed by atoms with Crippen molar-refractivity contribution in [1.82, 2.24) is 19.5 Å². The maximum absolute atomic E-state index is 13.0. The third-order valence-electron chi connectivity index (χ3n) is 4.90. The van der Waals surface area contributed by atoms with Crippen LogP contribution in [0.2, 0.25) is 0 Å². The van der Waals surface area contributed by atoms with Gasteiger partial charge in [0.05, 0.1) is 39.8 Å². The topological polar surface area (TPSA) is 98.1 Å². The first kappa shape index (κ1) is 21.6. The number of halogens is 3. The van der Waals surface area contributed by atoms with Crippen LogP contribution in [0.5, 0.6) is 0 Å². The number of carbonyl (C=O) groups is 1. The highest BCUT2D eigenvalue weighted by molar-refractivity contribution is 8.14. The van der Waals surface area contributed by atoms with Gasteiger partial charge in [0.25, 0.3) is 5.24 Å². The molecule has 1 amide bonds. The fourth-order valence-corrected chi connectivity index (χ4v) is 5.08. The summed E-state index contributed by atoms with van der Waals surface area (Å²) in [6.07, 6.45) is -2.23. The number of sulfone groups is 1. The summed E-state index contributed by atoms with van der Waals surface area (Å²) in [7, 11) is -2.25. The maximum Gasteiger partial charge on any atom is 0.433 e. The zero-order valence-corrected chi connectivity index (χ0v) is 18.0. The van der Waals surface area contributed by atoms with Crippen molar-refractivity contribution in [2.24, 2.45) is 7.05 Å². The van der Waals surface area contributed by atoms with Gasteiger partial charge in [-0.2, -0.15) is 13.2 Å². The van der Waals surface area contributed by atoms with Crippen LogP contribution in [0.4, 0.5) is 23.7 Å². The van der Waals surface area contributed by atoms with Gasteiger partial charge in [0.15, 0.2) is 15.7 Å². The molecule has 1 saturated heterocycles. The molecule has 3 aromatic heterocycles. The summed E-state index contributed by atoms with van der Waals surface area (Å²) in [6, 6.07) is 2.17. The molecular weight excluding hydrogens is 455 g/mol. The highest BCUT2D eigenvalue weighted by Gasteiger charge is 2.33. The molecule has 4 rings (SSSR count). The standard InChI is InChI=1S/C18H16F3N5O3S2/c1-3-31(28,29)13-6-10(26-4-5-30-17(26)27)8-23-15(13)16-24-11-7-14(18(19,20)21)22-9-12(11)25(16)2/h6-9H,3-5H2,1-2H3. The van der Waals surface area contributed by atoms with Crippen LogP contribution in [0.1, 0.15) is 12.6 Å². The number of nitrogens with zero attached hydrogens (tertiary/aromatic N) is 5. The zero-order valence-electron chi connectivity index (χ0n) is 16.3. The van der Waals surface area contributed by atoms with E-state index in [-0.39, 0.29) is 32.9 Å². The second-order valence-electron chi connectivity index (χ2n) is 6.76. The smallest absolute Gasteiger partial charge is 0.324 e. The fraction of sp³-hybridized carbons (Fsp3) is 0.333. The van der Waals surface area contributed by atoms with E-state index < -0.39 is 21.7 Å². The number of imidazole rings is 1. The van der Waals surface area contributed by atoms with Crippen LogP contribution < -0.4 is 4.90 Å². The predicted molar refractivity (Wildman–Crippen MR) is 110 cm³/mol. The first-order valence-electron chi connectivity index (χ1n) is 9.10. The molecule has 3 aromatic rings. The summed E-state index contributed by atoms with van der Waals surface area (Å²) in [5.41, 5.74) is -0.460. The number of amides is 1. The number of carbonyl (C=O) groups excluding carboxylic acids is 1. The minimum atomic E-state index is -4.64. The highest BCUT2D eigenvalue weighted by atomic mass is 32.2. The average molecular weight is 471 g/mol. The molecule has 0 N–H and O–H groups in total. The lowest BCUT2D eigenvalue weighted by molar-refractivity contribution is -0.141. The molecule has 1 fully saturated rings. The lowest BCUT2D eigenvalue weighted by Crippen LogP contribution is -2.23. The van der Waals surface area contributed by atoms with Crippen molar-refractivity contribution in [2.45, 2.75) is 18.0 Å². The summed E-state index contributed by atoms with van der Waals surface area (Å²) < 4.78 is 66.1. The van der Waals surface area contributed by atoms with Gasteiger partial charge in [0, 0.05) is 19.3 Å². The number of rotatable bonds is 4. The Hall–Kier alpha value is -2.67. The Morgan fingerprint density at radius 3 is 2.55 bits per heavy atom. The number of hydrogen-bond donors (Lipinski definition) is 0. The average Bonchev–Trinajstić information content (AvgIpc) is 3.30. The molecule has 164 valence electrons. The van der Waals surface area contributed by atoms with Gasteiger partial charge in [-0.1, -0.05) is 18.7 Å². The lowest BCUT2D eigenvalue weighted by atomic mass is 10.3. The molecule has 0 bridgehead atoms. The van der Waals surface area contributed by atoms with E-state index in [0.29, 0.717) is 23.5 Å². The third-order valence-corrected chi connectivity index (χ3v) is 7.49. The van der Waals surface area contributed by atoms with Crippen LogP contribution >= 0.6 is 11.8 Å². The van der Waals surface area contributed by atoms with Crippen molar-refractivity contribution in [2.75, 3.05) is 23.0 Å². The van der Waals surface area contributed by atoms with Crippen LogP contribution in [-0.4, -0.2) is 51.2 Å². The predicted octanol–water partition coefficient (Wildman–Crippen LogP) is 3.52.